The molecule has 1 aromatic rings. The molecule has 2 fully saturated rings. The number of carbonyl (C=O) groups excluding carboxylic acids is 3. The van der Waals surface area contributed by atoms with E-state index >= 15 is 0 Å². The maximum atomic E-state index is 12.7. The van der Waals surface area contributed by atoms with E-state index in [1.165, 1.54) is 10.0 Å². The molecule has 0 aliphatic carbocycles. The summed E-state index contributed by atoms with van der Waals surface area (Å²) in [5.41, 5.74) is -0.659. The number of halogens is 1. The summed E-state index contributed by atoms with van der Waals surface area (Å²) >= 11 is 11.1. The van der Waals surface area contributed by atoms with E-state index in [4.69, 9.17) is 23.8 Å². The number of thiocarbonyl (C=S) groups is 1. The van der Waals surface area contributed by atoms with Gasteiger partial charge in [0.25, 0.3) is 0 Å². The zero-order valence-corrected chi connectivity index (χ0v) is 14.6. The first-order valence-electron chi connectivity index (χ1n) is 7.26. The van der Waals surface area contributed by atoms with Gasteiger partial charge in [0.1, 0.15) is 11.6 Å². The zero-order valence-electron chi connectivity index (χ0n) is 13.0. The lowest BCUT2D eigenvalue weighted by Crippen LogP contribution is -2.71. The molecule has 1 aromatic carbocycles. The highest BCUT2D eigenvalue weighted by Crippen LogP contribution is 2.33. The quantitative estimate of drug-likeness (QED) is 0.771. The molecule has 2 heterocycles. The number of anilines is 1. The molecule has 2 N–H and O–H groups in total. The third-order valence-corrected chi connectivity index (χ3v) is 4.70. The van der Waals surface area contributed by atoms with Crippen LogP contribution in [0.2, 0.25) is 5.02 Å². The lowest BCUT2D eigenvalue weighted by atomic mass is 10.00. The number of hydrazine groups is 1. The zero-order chi connectivity index (χ0) is 17.6. The number of fused-ring (bicyclic) bond motifs is 1. The first-order chi connectivity index (χ1) is 11.2. The molecule has 3 amide bonds. The summed E-state index contributed by atoms with van der Waals surface area (Å²) in [5, 5.41) is 8.19. The predicted octanol–water partition coefficient (Wildman–Crippen LogP) is 1.29. The Morgan fingerprint density at radius 2 is 2.04 bits per heavy atom. The number of amides is 3. The molecular formula is C15H15ClN4O3S. The topological polar surface area (TPSA) is 81.8 Å². The molecular weight excluding hydrogens is 352 g/mol. The molecule has 0 aromatic heterocycles. The molecule has 0 spiro atoms. The number of rotatable bonds is 2. The normalized spacial score (nSPS) is 23.0. The van der Waals surface area contributed by atoms with Crippen LogP contribution < -0.4 is 10.6 Å². The minimum Gasteiger partial charge on any atom is -0.323 e. The second kappa shape index (κ2) is 5.80. The van der Waals surface area contributed by atoms with Gasteiger partial charge in [-0.1, -0.05) is 23.7 Å². The minimum atomic E-state index is -1.10. The molecule has 0 saturated carbocycles. The maximum absolute atomic E-state index is 12.7. The van der Waals surface area contributed by atoms with E-state index in [0.717, 1.165) is 0 Å². The highest BCUT2D eigenvalue weighted by molar-refractivity contribution is 7.80. The van der Waals surface area contributed by atoms with Gasteiger partial charge in [-0.05, 0) is 38.2 Å². The van der Waals surface area contributed by atoms with E-state index in [2.05, 4.69) is 10.6 Å². The summed E-state index contributed by atoms with van der Waals surface area (Å²) in [7, 11) is 0. The second-order valence-corrected chi connectivity index (χ2v) is 6.85. The molecule has 2 aliphatic heterocycles. The van der Waals surface area contributed by atoms with E-state index < -0.39 is 17.5 Å². The third kappa shape index (κ3) is 2.56. The van der Waals surface area contributed by atoms with Crippen LogP contribution in [0.5, 0.6) is 0 Å². The average molecular weight is 367 g/mol. The van der Waals surface area contributed by atoms with Gasteiger partial charge >= 0.3 is 0 Å². The van der Waals surface area contributed by atoms with Gasteiger partial charge in [0.2, 0.25) is 17.7 Å². The summed E-state index contributed by atoms with van der Waals surface area (Å²) in [6.45, 7) is 3.26. The molecule has 9 heteroatoms. The van der Waals surface area contributed by atoms with Gasteiger partial charge in [-0.2, -0.15) is 5.01 Å². The summed E-state index contributed by atoms with van der Waals surface area (Å²) in [6.07, 6.45) is -0.0746. The number of hydrogen-bond donors (Lipinski definition) is 2. The number of nitrogens with one attached hydrogen (secondary N) is 2. The van der Waals surface area contributed by atoms with Gasteiger partial charge in [-0.3, -0.25) is 19.7 Å². The Hall–Kier alpha value is -2.03. The van der Waals surface area contributed by atoms with E-state index in [-0.39, 0.29) is 23.3 Å². The Morgan fingerprint density at radius 1 is 1.38 bits per heavy atom. The Morgan fingerprint density at radius 3 is 2.71 bits per heavy atom. The summed E-state index contributed by atoms with van der Waals surface area (Å²) in [4.78, 5) is 37.2. The second-order valence-electron chi connectivity index (χ2n) is 6.06. The minimum absolute atomic E-state index is 0.0163. The molecule has 1 atom stereocenters. The van der Waals surface area contributed by atoms with Crippen molar-refractivity contribution in [1.29, 1.82) is 0 Å². The van der Waals surface area contributed by atoms with E-state index in [1.54, 1.807) is 38.1 Å². The van der Waals surface area contributed by atoms with Crippen LogP contribution in [0.15, 0.2) is 24.3 Å². The van der Waals surface area contributed by atoms with Crippen LogP contribution in [-0.4, -0.2) is 44.4 Å². The van der Waals surface area contributed by atoms with Crippen LogP contribution >= 0.6 is 23.8 Å². The highest BCUT2D eigenvalue weighted by atomic mass is 35.5. The van der Waals surface area contributed by atoms with E-state index in [0.29, 0.717) is 10.7 Å². The molecule has 3 rings (SSSR count). The standard InChI is InChI=1S/C15H15ClN4O3S/c1-15(2)13(23)18-14(24)19-11(21)7-10(20(15)19)12(22)17-9-6-4-3-5-8(9)16/h3-6,10H,7H2,1-2H3,(H,17,22)(H,18,23,24)/t10-/m1/s1. The largest absolute Gasteiger partial charge is 0.323 e. The fraction of sp³-hybridized carbons (Fsp3) is 0.333. The first kappa shape index (κ1) is 16.8. The lowest BCUT2D eigenvalue weighted by molar-refractivity contribution is -0.154. The summed E-state index contributed by atoms with van der Waals surface area (Å²) in [5.74, 6) is -1.13. The van der Waals surface area contributed by atoms with E-state index in [9.17, 15) is 14.4 Å². The molecule has 7 nitrogen and oxygen atoms in total. The molecule has 0 unspecified atom stereocenters. The van der Waals surface area contributed by atoms with Crippen LogP contribution in [0, 0.1) is 0 Å². The van der Waals surface area contributed by atoms with Crippen molar-refractivity contribution in [1.82, 2.24) is 15.3 Å². The van der Waals surface area contributed by atoms with Crippen LogP contribution in [0.3, 0.4) is 0 Å². The van der Waals surface area contributed by atoms with Crippen molar-refractivity contribution in [2.45, 2.75) is 31.8 Å². The van der Waals surface area contributed by atoms with Crippen molar-refractivity contribution in [3.05, 3.63) is 29.3 Å². The Labute approximate surface area is 148 Å². The summed E-state index contributed by atoms with van der Waals surface area (Å²) < 4.78 is 0. The van der Waals surface area contributed by atoms with Gasteiger partial charge in [0.05, 0.1) is 17.1 Å². The lowest BCUT2D eigenvalue weighted by Gasteiger charge is -2.45. The maximum Gasteiger partial charge on any atom is 0.248 e. The van der Waals surface area contributed by atoms with Gasteiger partial charge in [-0.25, -0.2) is 5.01 Å². The van der Waals surface area contributed by atoms with Crippen LogP contribution in [0.1, 0.15) is 20.3 Å². The monoisotopic (exact) mass is 366 g/mol. The Kier molecular flexibility index (Phi) is 4.06. The molecule has 0 bridgehead atoms. The number of nitrogens with zero attached hydrogens (tertiary/aromatic N) is 2. The van der Waals surface area contributed by atoms with Crippen molar-refractivity contribution in [2.75, 3.05) is 5.32 Å². The molecule has 126 valence electrons. The number of carbonyl (C=O) groups is 3. The number of benzene rings is 1. The fourth-order valence-corrected chi connectivity index (χ4v) is 3.30. The molecule has 24 heavy (non-hydrogen) atoms. The van der Waals surface area contributed by atoms with Crippen LogP contribution in [-0.2, 0) is 14.4 Å². The summed E-state index contributed by atoms with van der Waals surface area (Å²) in [6, 6.07) is 5.94. The van der Waals surface area contributed by atoms with Gasteiger partial charge in [-0.15, -0.1) is 0 Å². The Bertz CT molecular complexity index is 767. The molecule has 0 radical (unpaired) electrons. The third-order valence-electron chi connectivity index (χ3n) is 4.09. The van der Waals surface area contributed by atoms with Crippen molar-refractivity contribution >= 4 is 52.3 Å². The first-order valence-corrected chi connectivity index (χ1v) is 8.05. The number of hydrogen-bond acceptors (Lipinski definition) is 5. The predicted molar refractivity (Wildman–Crippen MR) is 92.0 cm³/mol. The molecule has 2 saturated heterocycles. The fourth-order valence-electron chi connectivity index (χ4n) is 2.84. The van der Waals surface area contributed by atoms with Crippen molar-refractivity contribution in [3.63, 3.8) is 0 Å². The average Bonchev–Trinajstić information content (AvgIpc) is 2.87. The van der Waals surface area contributed by atoms with Gasteiger partial charge < -0.3 is 5.32 Å². The Balaban J connectivity index is 1.92. The van der Waals surface area contributed by atoms with Crippen LogP contribution in [0.25, 0.3) is 0 Å². The van der Waals surface area contributed by atoms with Gasteiger partial charge in [0, 0.05) is 0 Å². The highest BCUT2D eigenvalue weighted by Gasteiger charge is 2.56. The SMILES string of the molecule is CC1(C)C(=O)NC(=S)N2C(=O)C[C@H](C(=O)Nc3ccccc3Cl)N21. The van der Waals surface area contributed by atoms with Crippen molar-refractivity contribution < 1.29 is 14.4 Å². The van der Waals surface area contributed by atoms with Crippen molar-refractivity contribution in [2.24, 2.45) is 0 Å². The van der Waals surface area contributed by atoms with Crippen molar-refractivity contribution in [3.8, 4) is 0 Å². The van der Waals surface area contributed by atoms with Gasteiger partial charge in [0.15, 0.2) is 5.11 Å². The smallest absolute Gasteiger partial charge is 0.248 e. The van der Waals surface area contributed by atoms with E-state index in [1.807, 2.05) is 0 Å². The molecule has 2 aliphatic rings. The van der Waals surface area contributed by atoms with Crippen LogP contribution in [0.4, 0.5) is 5.69 Å². The number of para-hydroxylation sites is 1.